The van der Waals surface area contributed by atoms with E-state index in [-0.39, 0.29) is 17.9 Å². The summed E-state index contributed by atoms with van der Waals surface area (Å²) in [6, 6.07) is 15.2. The van der Waals surface area contributed by atoms with Crippen LogP contribution in [0.3, 0.4) is 0 Å². The van der Waals surface area contributed by atoms with Crippen molar-refractivity contribution in [2.75, 3.05) is 7.11 Å². The highest BCUT2D eigenvalue weighted by Gasteiger charge is 2.14. The van der Waals surface area contributed by atoms with Gasteiger partial charge in [0.1, 0.15) is 11.6 Å². The predicted molar refractivity (Wildman–Crippen MR) is 79.4 cm³/mol. The Kier molecular flexibility index (Phi) is 4.74. The third-order valence-electron chi connectivity index (χ3n) is 3.47. The second kappa shape index (κ2) is 6.53. The lowest BCUT2D eigenvalue weighted by Crippen LogP contribution is -2.23. The van der Waals surface area contributed by atoms with E-state index in [0.29, 0.717) is 11.3 Å². The number of nitrogens with one attached hydrogen (secondary N) is 1. The quantitative estimate of drug-likeness (QED) is 0.879. The van der Waals surface area contributed by atoms with E-state index in [1.54, 1.807) is 12.1 Å². The summed E-state index contributed by atoms with van der Waals surface area (Å²) in [4.78, 5) is 0. The Hall–Kier alpha value is -1.87. The fourth-order valence-electron chi connectivity index (χ4n) is 2.29. The molecule has 2 aromatic rings. The molecule has 3 heteroatoms. The molecule has 2 aromatic carbocycles. The summed E-state index contributed by atoms with van der Waals surface area (Å²) in [6.07, 6.45) is 0. The zero-order valence-corrected chi connectivity index (χ0v) is 12.1. The van der Waals surface area contributed by atoms with Gasteiger partial charge in [-0.15, -0.1) is 0 Å². The highest BCUT2D eigenvalue weighted by atomic mass is 19.1. The molecule has 0 radical (unpaired) electrons. The van der Waals surface area contributed by atoms with Crippen LogP contribution in [0, 0.1) is 5.82 Å². The topological polar surface area (TPSA) is 21.3 Å². The van der Waals surface area contributed by atoms with Crippen LogP contribution in [0.5, 0.6) is 5.75 Å². The molecule has 106 valence electrons. The fourth-order valence-corrected chi connectivity index (χ4v) is 2.29. The standard InChI is InChI=1S/C17H20FNO/c1-12(14-7-5-4-6-8-14)19-13(2)16-10-9-15(20-3)11-17(16)18/h4-13,19H,1-3H3/t12-,13?/m0/s1. The maximum absolute atomic E-state index is 14.0. The molecule has 0 aliphatic heterocycles. The monoisotopic (exact) mass is 273 g/mol. The van der Waals surface area contributed by atoms with E-state index >= 15 is 0 Å². The molecular weight excluding hydrogens is 253 g/mol. The van der Waals surface area contributed by atoms with E-state index in [1.165, 1.54) is 18.7 Å². The highest BCUT2D eigenvalue weighted by molar-refractivity contribution is 5.31. The molecule has 0 saturated heterocycles. The minimum atomic E-state index is -0.246. The summed E-state index contributed by atoms with van der Waals surface area (Å²) in [5.74, 6) is 0.291. The molecule has 0 aliphatic carbocycles. The van der Waals surface area contributed by atoms with Crippen LogP contribution < -0.4 is 10.1 Å². The molecular formula is C17H20FNO. The van der Waals surface area contributed by atoms with Gasteiger partial charge in [0.2, 0.25) is 0 Å². The third-order valence-corrected chi connectivity index (χ3v) is 3.47. The predicted octanol–water partition coefficient (Wildman–Crippen LogP) is 4.25. The number of rotatable bonds is 5. The zero-order valence-electron chi connectivity index (χ0n) is 12.1. The zero-order chi connectivity index (χ0) is 14.5. The first kappa shape index (κ1) is 14.5. The number of benzene rings is 2. The van der Waals surface area contributed by atoms with Crippen molar-refractivity contribution in [3.05, 3.63) is 65.5 Å². The molecule has 0 amide bonds. The molecule has 0 bridgehead atoms. The SMILES string of the molecule is COc1ccc(C(C)N[C@@H](C)c2ccccc2)c(F)c1. The Labute approximate surface area is 119 Å². The summed E-state index contributed by atoms with van der Waals surface area (Å²) in [5, 5.41) is 3.41. The molecule has 0 aromatic heterocycles. The first-order valence-electron chi connectivity index (χ1n) is 6.76. The lowest BCUT2D eigenvalue weighted by Gasteiger charge is -2.21. The van der Waals surface area contributed by atoms with Gasteiger partial charge in [-0.2, -0.15) is 0 Å². The van der Waals surface area contributed by atoms with Crippen molar-refractivity contribution >= 4 is 0 Å². The first-order chi connectivity index (χ1) is 9.61. The van der Waals surface area contributed by atoms with E-state index in [9.17, 15) is 4.39 Å². The van der Waals surface area contributed by atoms with Gasteiger partial charge in [0.05, 0.1) is 7.11 Å². The Morgan fingerprint density at radius 1 is 1.00 bits per heavy atom. The summed E-state index contributed by atoms with van der Waals surface area (Å²) in [7, 11) is 1.54. The van der Waals surface area contributed by atoms with Gasteiger partial charge in [0.15, 0.2) is 0 Å². The van der Waals surface area contributed by atoms with Gasteiger partial charge in [-0.3, -0.25) is 0 Å². The van der Waals surface area contributed by atoms with Gasteiger partial charge < -0.3 is 10.1 Å². The molecule has 2 atom stereocenters. The largest absolute Gasteiger partial charge is 0.497 e. The maximum Gasteiger partial charge on any atom is 0.131 e. The van der Waals surface area contributed by atoms with E-state index in [1.807, 2.05) is 25.1 Å². The molecule has 0 fully saturated rings. The summed E-state index contributed by atoms with van der Waals surface area (Å²) >= 11 is 0. The first-order valence-corrected chi connectivity index (χ1v) is 6.76. The highest BCUT2D eigenvalue weighted by Crippen LogP contribution is 2.24. The number of hydrogen-bond acceptors (Lipinski definition) is 2. The molecule has 0 heterocycles. The van der Waals surface area contributed by atoms with Crippen LogP contribution in [0.25, 0.3) is 0 Å². The van der Waals surface area contributed by atoms with Gasteiger partial charge in [-0.25, -0.2) is 4.39 Å². The minimum absolute atomic E-state index is 0.0730. The molecule has 0 saturated carbocycles. The van der Waals surface area contributed by atoms with Crippen LogP contribution in [0.15, 0.2) is 48.5 Å². The van der Waals surface area contributed by atoms with Crippen LogP contribution >= 0.6 is 0 Å². The van der Waals surface area contributed by atoms with Crippen molar-refractivity contribution in [1.29, 1.82) is 0 Å². The van der Waals surface area contributed by atoms with Crippen LogP contribution in [-0.4, -0.2) is 7.11 Å². The Bertz CT molecular complexity index is 556. The van der Waals surface area contributed by atoms with Gasteiger partial charge >= 0.3 is 0 Å². The second-order valence-corrected chi connectivity index (χ2v) is 4.91. The number of methoxy groups -OCH3 is 1. The molecule has 1 unspecified atom stereocenters. The second-order valence-electron chi connectivity index (χ2n) is 4.91. The number of halogens is 1. The average molecular weight is 273 g/mol. The van der Waals surface area contributed by atoms with Crippen molar-refractivity contribution in [2.45, 2.75) is 25.9 Å². The van der Waals surface area contributed by atoms with Crippen molar-refractivity contribution in [2.24, 2.45) is 0 Å². The van der Waals surface area contributed by atoms with Gasteiger partial charge in [-0.1, -0.05) is 36.4 Å². The smallest absolute Gasteiger partial charge is 0.131 e. The van der Waals surface area contributed by atoms with E-state index in [0.717, 1.165) is 0 Å². The normalized spacial score (nSPS) is 13.8. The van der Waals surface area contributed by atoms with E-state index in [2.05, 4.69) is 24.4 Å². The Morgan fingerprint density at radius 2 is 1.70 bits per heavy atom. The Morgan fingerprint density at radius 3 is 2.30 bits per heavy atom. The molecule has 20 heavy (non-hydrogen) atoms. The van der Waals surface area contributed by atoms with Crippen molar-refractivity contribution in [1.82, 2.24) is 5.32 Å². The molecule has 0 aliphatic rings. The summed E-state index contributed by atoms with van der Waals surface area (Å²) < 4.78 is 19.0. The lowest BCUT2D eigenvalue weighted by molar-refractivity contribution is 0.408. The van der Waals surface area contributed by atoms with Gasteiger partial charge in [0.25, 0.3) is 0 Å². The van der Waals surface area contributed by atoms with Crippen molar-refractivity contribution in [3.8, 4) is 5.75 Å². The Balaban J connectivity index is 2.10. The molecule has 2 nitrogen and oxygen atoms in total. The van der Waals surface area contributed by atoms with Gasteiger partial charge in [0, 0.05) is 23.7 Å². The van der Waals surface area contributed by atoms with E-state index in [4.69, 9.17) is 4.74 Å². The molecule has 1 N–H and O–H groups in total. The summed E-state index contributed by atoms with van der Waals surface area (Å²) in [5.41, 5.74) is 1.84. The number of ether oxygens (including phenoxy) is 1. The van der Waals surface area contributed by atoms with Crippen molar-refractivity contribution < 1.29 is 9.13 Å². The summed E-state index contributed by atoms with van der Waals surface area (Å²) in [6.45, 7) is 4.04. The van der Waals surface area contributed by atoms with Crippen LogP contribution in [-0.2, 0) is 0 Å². The average Bonchev–Trinajstić information content (AvgIpc) is 2.47. The van der Waals surface area contributed by atoms with Crippen LogP contribution in [0.2, 0.25) is 0 Å². The van der Waals surface area contributed by atoms with Crippen LogP contribution in [0.1, 0.15) is 37.1 Å². The van der Waals surface area contributed by atoms with E-state index < -0.39 is 0 Å². The molecule has 2 rings (SSSR count). The molecule has 0 spiro atoms. The van der Waals surface area contributed by atoms with Crippen LogP contribution in [0.4, 0.5) is 4.39 Å². The third kappa shape index (κ3) is 3.36. The number of hydrogen-bond donors (Lipinski definition) is 1. The lowest BCUT2D eigenvalue weighted by atomic mass is 10.0. The fraction of sp³-hybridized carbons (Fsp3) is 0.294. The van der Waals surface area contributed by atoms with Gasteiger partial charge in [-0.05, 0) is 25.5 Å². The minimum Gasteiger partial charge on any atom is -0.497 e. The maximum atomic E-state index is 14.0. The van der Waals surface area contributed by atoms with Crippen molar-refractivity contribution in [3.63, 3.8) is 0 Å².